The van der Waals surface area contributed by atoms with Crippen molar-refractivity contribution in [2.75, 3.05) is 0 Å². The van der Waals surface area contributed by atoms with Gasteiger partial charge in [-0.1, -0.05) is 66.7 Å². The molecule has 0 radical (unpaired) electrons. The van der Waals surface area contributed by atoms with Crippen LogP contribution in [0.25, 0.3) is 0 Å². The molecule has 0 rings (SSSR count). The van der Waals surface area contributed by atoms with Crippen LogP contribution in [-0.2, 0) is 0 Å². The Morgan fingerprint density at radius 1 is 0.857 bits per heavy atom. The van der Waals surface area contributed by atoms with Crippen molar-refractivity contribution in [1.29, 1.82) is 0 Å². The van der Waals surface area contributed by atoms with E-state index >= 15 is 0 Å². The van der Waals surface area contributed by atoms with Crippen LogP contribution in [0.4, 0.5) is 0 Å². The van der Waals surface area contributed by atoms with E-state index < -0.39 is 0 Å². The minimum atomic E-state index is 0.923. The van der Waals surface area contributed by atoms with Crippen LogP contribution < -0.4 is 0 Å². The van der Waals surface area contributed by atoms with Crippen molar-refractivity contribution in [2.45, 2.75) is 73.1 Å². The lowest BCUT2D eigenvalue weighted by molar-refractivity contribution is 0.203. The lowest BCUT2D eigenvalue weighted by atomic mass is 9.76. The Labute approximate surface area is 91.5 Å². The molecule has 0 N–H and O–H groups in total. The molecule has 0 aromatic heterocycles. The Kier molecular flexibility index (Phi) is 8.32. The van der Waals surface area contributed by atoms with Crippen LogP contribution in [0.3, 0.4) is 0 Å². The molecule has 0 aliphatic carbocycles. The normalized spacial score (nSPS) is 15.9. The van der Waals surface area contributed by atoms with E-state index in [0.29, 0.717) is 0 Å². The van der Waals surface area contributed by atoms with Gasteiger partial charge in [0.1, 0.15) is 0 Å². The van der Waals surface area contributed by atoms with E-state index in [1.807, 2.05) is 0 Å². The zero-order chi connectivity index (χ0) is 11.0. The summed E-state index contributed by atoms with van der Waals surface area (Å²) < 4.78 is 0. The molecule has 0 saturated heterocycles. The molecule has 0 heterocycles. The SMILES string of the molecule is CCCCC(C(C)CC)C(CC)CC. The van der Waals surface area contributed by atoms with Crippen LogP contribution in [0.1, 0.15) is 73.1 Å². The average molecular weight is 198 g/mol. The van der Waals surface area contributed by atoms with Crippen LogP contribution in [0.2, 0.25) is 0 Å². The molecule has 14 heavy (non-hydrogen) atoms. The summed E-state index contributed by atoms with van der Waals surface area (Å²) in [5.41, 5.74) is 0. The van der Waals surface area contributed by atoms with Crippen LogP contribution >= 0.6 is 0 Å². The topological polar surface area (TPSA) is 0 Å². The number of rotatable bonds is 8. The molecule has 0 aromatic rings. The predicted octanol–water partition coefficient (Wildman–Crippen LogP) is 5.28. The van der Waals surface area contributed by atoms with E-state index in [0.717, 1.165) is 17.8 Å². The highest BCUT2D eigenvalue weighted by atomic mass is 14.3. The Morgan fingerprint density at radius 3 is 1.79 bits per heavy atom. The lowest BCUT2D eigenvalue weighted by Crippen LogP contribution is -2.20. The Balaban J connectivity index is 4.19. The summed E-state index contributed by atoms with van der Waals surface area (Å²) in [4.78, 5) is 0. The first-order valence-electron chi connectivity index (χ1n) is 6.71. The number of hydrogen-bond acceptors (Lipinski definition) is 0. The molecular weight excluding hydrogens is 168 g/mol. The molecule has 2 unspecified atom stereocenters. The van der Waals surface area contributed by atoms with Crippen molar-refractivity contribution in [3.8, 4) is 0 Å². The molecular formula is C14H30. The maximum Gasteiger partial charge on any atom is -0.0360 e. The van der Waals surface area contributed by atoms with Crippen LogP contribution in [0.15, 0.2) is 0 Å². The fourth-order valence-corrected chi connectivity index (χ4v) is 2.62. The third kappa shape index (κ3) is 4.48. The van der Waals surface area contributed by atoms with E-state index in [1.165, 1.54) is 38.5 Å². The monoisotopic (exact) mass is 198 g/mol. The molecule has 0 amide bonds. The van der Waals surface area contributed by atoms with Gasteiger partial charge in [0.05, 0.1) is 0 Å². The Morgan fingerprint density at radius 2 is 1.43 bits per heavy atom. The smallest absolute Gasteiger partial charge is 0.0360 e. The molecule has 0 aliphatic heterocycles. The van der Waals surface area contributed by atoms with Gasteiger partial charge in [0.15, 0.2) is 0 Å². The minimum Gasteiger partial charge on any atom is -0.0654 e. The molecule has 0 aromatic carbocycles. The van der Waals surface area contributed by atoms with Gasteiger partial charge in [-0.25, -0.2) is 0 Å². The van der Waals surface area contributed by atoms with Crippen molar-refractivity contribution in [1.82, 2.24) is 0 Å². The molecule has 86 valence electrons. The fraction of sp³-hybridized carbons (Fsp3) is 1.00. The van der Waals surface area contributed by atoms with Gasteiger partial charge >= 0.3 is 0 Å². The number of unbranched alkanes of at least 4 members (excludes halogenated alkanes) is 1. The summed E-state index contributed by atoms with van der Waals surface area (Å²) in [7, 11) is 0. The van der Waals surface area contributed by atoms with E-state index in [1.54, 1.807) is 0 Å². The second-order valence-corrected chi connectivity index (χ2v) is 4.77. The predicted molar refractivity (Wildman–Crippen MR) is 66.5 cm³/mol. The summed E-state index contributed by atoms with van der Waals surface area (Å²) in [6.45, 7) is 11.8. The largest absolute Gasteiger partial charge is 0.0654 e. The van der Waals surface area contributed by atoms with Gasteiger partial charge in [0, 0.05) is 0 Å². The van der Waals surface area contributed by atoms with Crippen molar-refractivity contribution in [2.24, 2.45) is 17.8 Å². The van der Waals surface area contributed by atoms with E-state index in [-0.39, 0.29) is 0 Å². The molecule has 0 spiro atoms. The Bertz CT molecular complexity index is 113. The van der Waals surface area contributed by atoms with Gasteiger partial charge in [-0.05, 0) is 24.2 Å². The maximum atomic E-state index is 2.44. The first-order chi connectivity index (χ1) is 6.71. The van der Waals surface area contributed by atoms with E-state index in [4.69, 9.17) is 0 Å². The molecule has 0 saturated carbocycles. The van der Waals surface area contributed by atoms with E-state index in [2.05, 4.69) is 34.6 Å². The average Bonchev–Trinajstić information content (AvgIpc) is 2.23. The van der Waals surface area contributed by atoms with Crippen LogP contribution in [-0.4, -0.2) is 0 Å². The van der Waals surface area contributed by atoms with Crippen molar-refractivity contribution in [3.63, 3.8) is 0 Å². The second-order valence-electron chi connectivity index (χ2n) is 4.77. The summed E-state index contributed by atoms with van der Waals surface area (Å²) >= 11 is 0. The molecule has 0 heteroatoms. The molecule has 0 bridgehead atoms. The van der Waals surface area contributed by atoms with Gasteiger partial charge in [-0.15, -0.1) is 0 Å². The van der Waals surface area contributed by atoms with Crippen molar-refractivity contribution >= 4 is 0 Å². The summed E-state index contributed by atoms with van der Waals surface area (Å²) in [6, 6.07) is 0. The number of hydrogen-bond donors (Lipinski definition) is 0. The van der Waals surface area contributed by atoms with Gasteiger partial charge < -0.3 is 0 Å². The minimum absolute atomic E-state index is 0.923. The standard InChI is InChI=1S/C14H30/c1-6-10-11-14(12(5)7-2)13(8-3)9-4/h12-14H,6-11H2,1-5H3. The highest BCUT2D eigenvalue weighted by Gasteiger charge is 2.22. The van der Waals surface area contributed by atoms with Crippen LogP contribution in [0.5, 0.6) is 0 Å². The van der Waals surface area contributed by atoms with Gasteiger partial charge in [0.2, 0.25) is 0 Å². The zero-order valence-electron chi connectivity index (χ0n) is 11.0. The second kappa shape index (κ2) is 8.32. The molecule has 0 nitrogen and oxygen atoms in total. The third-order valence-electron chi connectivity index (χ3n) is 3.92. The molecule has 0 fully saturated rings. The van der Waals surface area contributed by atoms with Gasteiger partial charge in [-0.3, -0.25) is 0 Å². The van der Waals surface area contributed by atoms with Gasteiger partial charge in [-0.2, -0.15) is 0 Å². The van der Waals surface area contributed by atoms with Gasteiger partial charge in [0.25, 0.3) is 0 Å². The van der Waals surface area contributed by atoms with Crippen LogP contribution in [0, 0.1) is 17.8 Å². The first kappa shape index (κ1) is 14.0. The van der Waals surface area contributed by atoms with E-state index in [9.17, 15) is 0 Å². The highest BCUT2D eigenvalue weighted by Crippen LogP contribution is 2.32. The van der Waals surface area contributed by atoms with Crippen molar-refractivity contribution in [3.05, 3.63) is 0 Å². The third-order valence-corrected chi connectivity index (χ3v) is 3.92. The molecule has 0 aliphatic rings. The molecule has 2 atom stereocenters. The first-order valence-corrected chi connectivity index (χ1v) is 6.71. The lowest BCUT2D eigenvalue weighted by Gasteiger charge is -2.30. The summed E-state index contributed by atoms with van der Waals surface area (Å²) in [5, 5.41) is 0. The quantitative estimate of drug-likeness (QED) is 0.498. The Hall–Kier alpha value is 0. The zero-order valence-corrected chi connectivity index (χ0v) is 11.0. The summed E-state index contributed by atoms with van der Waals surface area (Å²) in [6.07, 6.45) is 8.33. The fourth-order valence-electron chi connectivity index (χ4n) is 2.62. The summed E-state index contributed by atoms with van der Waals surface area (Å²) in [5.74, 6) is 2.87. The van der Waals surface area contributed by atoms with Crippen molar-refractivity contribution < 1.29 is 0 Å². The maximum absolute atomic E-state index is 2.44. The highest BCUT2D eigenvalue weighted by molar-refractivity contribution is 4.72.